The molecule has 1 aromatic rings. The third-order valence-corrected chi connectivity index (χ3v) is 2.92. The topological polar surface area (TPSA) is 29.5 Å². The summed E-state index contributed by atoms with van der Waals surface area (Å²) in [6.45, 7) is 5.16. The van der Waals surface area contributed by atoms with E-state index in [2.05, 4.69) is 0 Å². The SMILES string of the molecule is COc1cc([C@@](C)(O)C(C)C)cc(F)c1F. The summed E-state index contributed by atoms with van der Waals surface area (Å²) in [6, 6.07) is 2.32. The molecule has 0 bridgehead atoms. The van der Waals surface area contributed by atoms with E-state index in [4.69, 9.17) is 4.74 Å². The van der Waals surface area contributed by atoms with Gasteiger partial charge in [0, 0.05) is 0 Å². The van der Waals surface area contributed by atoms with Gasteiger partial charge in [0.2, 0.25) is 5.82 Å². The van der Waals surface area contributed by atoms with Crippen LogP contribution < -0.4 is 4.74 Å². The fourth-order valence-corrected chi connectivity index (χ4v) is 1.34. The first-order valence-corrected chi connectivity index (χ1v) is 5.06. The second-order valence-corrected chi connectivity index (χ2v) is 4.28. The van der Waals surface area contributed by atoms with Crippen molar-refractivity contribution in [2.75, 3.05) is 7.11 Å². The highest BCUT2D eigenvalue weighted by molar-refractivity contribution is 5.34. The fraction of sp³-hybridized carbons (Fsp3) is 0.500. The van der Waals surface area contributed by atoms with Crippen molar-refractivity contribution < 1.29 is 18.6 Å². The van der Waals surface area contributed by atoms with E-state index >= 15 is 0 Å². The van der Waals surface area contributed by atoms with E-state index in [0.29, 0.717) is 5.56 Å². The molecule has 1 aromatic carbocycles. The number of hydrogen-bond donors (Lipinski definition) is 1. The maximum atomic E-state index is 13.3. The molecule has 4 heteroatoms. The van der Waals surface area contributed by atoms with Crippen LogP contribution in [0.4, 0.5) is 8.78 Å². The lowest BCUT2D eigenvalue weighted by Crippen LogP contribution is -2.28. The summed E-state index contributed by atoms with van der Waals surface area (Å²) in [5, 5.41) is 10.2. The zero-order valence-corrected chi connectivity index (χ0v) is 9.84. The molecule has 16 heavy (non-hydrogen) atoms. The first-order valence-electron chi connectivity index (χ1n) is 5.06. The molecule has 1 atom stereocenters. The molecule has 90 valence electrons. The predicted octanol–water partition coefficient (Wildman–Crippen LogP) is 2.84. The molecular weight excluding hydrogens is 214 g/mol. The summed E-state index contributed by atoms with van der Waals surface area (Å²) >= 11 is 0. The van der Waals surface area contributed by atoms with Crippen LogP contribution in [0, 0.1) is 17.6 Å². The monoisotopic (exact) mass is 230 g/mol. The summed E-state index contributed by atoms with van der Waals surface area (Å²) < 4.78 is 31.2. The minimum atomic E-state index is -1.22. The molecule has 0 heterocycles. The lowest BCUT2D eigenvalue weighted by Gasteiger charge is -2.28. The normalized spacial score (nSPS) is 15.0. The number of aliphatic hydroxyl groups is 1. The van der Waals surface area contributed by atoms with Gasteiger partial charge >= 0.3 is 0 Å². The molecule has 2 nitrogen and oxygen atoms in total. The Morgan fingerprint density at radius 3 is 2.31 bits per heavy atom. The Bertz CT molecular complexity index is 387. The molecule has 0 aromatic heterocycles. The van der Waals surface area contributed by atoms with Gasteiger partial charge < -0.3 is 9.84 Å². The van der Waals surface area contributed by atoms with Crippen LogP contribution in [0.2, 0.25) is 0 Å². The van der Waals surface area contributed by atoms with Crippen molar-refractivity contribution in [3.05, 3.63) is 29.3 Å². The van der Waals surface area contributed by atoms with E-state index in [0.717, 1.165) is 6.07 Å². The van der Waals surface area contributed by atoms with Crippen LogP contribution in [0.5, 0.6) is 5.75 Å². The number of methoxy groups -OCH3 is 1. The Balaban J connectivity index is 3.31. The summed E-state index contributed by atoms with van der Waals surface area (Å²) in [5.41, 5.74) is -0.916. The highest BCUT2D eigenvalue weighted by atomic mass is 19.2. The van der Waals surface area contributed by atoms with Crippen LogP contribution in [0.25, 0.3) is 0 Å². The summed E-state index contributed by atoms with van der Waals surface area (Å²) in [4.78, 5) is 0. The molecule has 0 saturated carbocycles. The van der Waals surface area contributed by atoms with Gasteiger partial charge in [-0.25, -0.2) is 4.39 Å². The average Bonchev–Trinajstić information content (AvgIpc) is 2.21. The highest BCUT2D eigenvalue weighted by Gasteiger charge is 2.29. The molecule has 0 unspecified atom stereocenters. The summed E-state index contributed by atoms with van der Waals surface area (Å²) in [5.74, 6) is -2.38. The first-order chi connectivity index (χ1) is 7.30. The van der Waals surface area contributed by atoms with E-state index in [1.807, 2.05) is 0 Å². The Morgan fingerprint density at radius 1 is 1.31 bits per heavy atom. The molecule has 0 aliphatic carbocycles. The van der Waals surface area contributed by atoms with E-state index in [1.54, 1.807) is 20.8 Å². The van der Waals surface area contributed by atoms with Crippen LogP contribution in [0.3, 0.4) is 0 Å². The maximum absolute atomic E-state index is 13.3. The lowest BCUT2D eigenvalue weighted by molar-refractivity contribution is 0.00846. The second kappa shape index (κ2) is 4.37. The number of ether oxygens (including phenoxy) is 1. The molecule has 1 rings (SSSR count). The van der Waals surface area contributed by atoms with E-state index in [1.165, 1.54) is 13.2 Å². The van der Waals surface area contributed by atoms with Gasteiger partial charge in [0.05, 0.1) is 12.7 Å². The van der Waals surface area contributed by atoms with Gasteiger partial charge in [0.25, 0.3) is 0 Å². The standard InChI is InChI=1S/C12H16F2O2/c1-7(2)12(3,15)8-5-9(13)11(14)10(6-8)16-4/h5-7,15H,1-4H3/t12-/m0/s1. The minimum absolute atomic E-state index is 0.123. The van der Waals surface area contributed by atoms with Crippen molar-refractivity contribution in [3.63, 3.8) is 0 Å². The van der Waals surface area contributed by atoms with Crippen molar-refractivity contribution >= 4 is 0 Å². The number of benzene rings is 1. The van der Waals surface area contributed by atoms with E-state index < -0.39 is 17.2 Å². The molecule has 0 radical (unpaired) electrons. The van der Waals surface area contributed by atoms with Gasteiger partial charge in [-0.05, 0) is 30.5 Å². The number of rotatable bonds is 3. The third kappa shape index (κ3) is 2.16. The van der Waals surface area contributed by atoms with E-state index in [9.17, 15) is 13.9 Å². The zero-order chi connectivity index (χ0) is 12.5. The van der Waals surface area contributed by atoms with Crippen molar-refractivity contribution in [1.82, 2.24) is 0 Å². The van der Waals surface area contributed by atoms with Gasteiger partial charge in [-0.2, -0.15) is 4.39 Å². The number of hydrogen-bond acceptors (Lipinski definition) is 2. The Hall–Kier alpha value is -1.16. The van der Waals surface area contributed by atoms with Gasteiger partial charge in [0.15, 0.2) is 11.6 Å². The largest absolute Gasteiger partial charge is 0.494 e. The summed E-state index contributed by atoms with van der Waals surface area (Å²) in [7, 11) is 1.26. The number of halogens is 2. The molecule has 0 aliphatic rings. The summed E-state index contributed by atoms with van der Waals surface area (Å²) in [6.07, 6.45) is 0. The average molecular weight is 230 g/mol. The predicted molar refractivity (Wildman–Crippen MR) is 57.3 cm³/mol. The van der Waals surface area contributed by atoms with Crippen LogP contribution in [-0.2, 0) is 5.60 Å². The fourth-order valence-electron chi connectivity index (χ4n) is 1.34. The maximum Gasteiger partial charge on any atom is 0.200 e. The Kier molecular flexibility index (Phi) is 3.53. The molecule has 0 saturated heterocycles. The second-order valence-electron chi connectivity index (χ2n) is 4.28. The van der Waals surface area contributed by atoms with Crippen molar-refractivity contribution in [3.8, 4) is 5.75 Å². The molecule has 0 amide bonds. The molecule has 0 spiro atoms. The van der Waals surface area contributed by atoms with Crippen LogP contribution in [0.15, 0.2) is 12.1 Å². The smallest absolute Gasteiger partial charge is 0.200 e. The lowest BCUT2D eigenvalue weighted by atomic mass is 9.85. The van der Waals surface area contributed by atoms with Crippen LogP contribution >= 0.6 is 0 Å². The van der Waals surface area contributed by atoms with Crippen molar-refractivity contribution in [1.29, 1.82) is 0 Å². The zero-order valence-electron chi connectivity index (χ0n) is 9.84. The van der Waals surface area contributed by atoms with Crippen LogP contribution in [0.1, 0.15) is 26.3 Å². The van der Waals surface area contributed by atoms with Crippen molar-refractivity contribution in [2.24, 2.45) is 5.92 Å². The van der Waals surface area contributed by atoms with Crippen LogP contribution in [-0.4, -0.2) is 12.2 Å². The minimum Gasteiger partial charge on any atom is -0.494 e. The Morgan fingerprint density at radius 2 is 1.88 bits per heavy atom. The van der Waals surface area contributed by atoms with Gasteiger partial charge in [-0.3, -0.25) is 0 Å². The molecule has 0 aliphatic heterocycles. The first kappa shape index (κ1) is 12.9. The third-order valence-electron chi connectivity index (χ3n) is 2.92. The van der Waals surface area contributed by atoms with E-state index in [-0.39, 0.29) is 11.7 Å². The highest BCUT2D eigenvalue weighted by Crippen LogP contribution is 2.33. The molecule has 1 N–H and O–H groups in total. The van der Waals surface area contributed by atoms with Crippen molar-refractivity contribution in [2.45, 2.75) is 26.4 Å². The quantitative estimate of drug-likeness (QED) is 0.865. The van der Waals surface area contributed by atoms with Gasteiger partial charge in [0.1, 0.15) is 0 Å². The van der Waals surface area contributed by atoms with Gasteiger partial charge in [-0.1, -0.05) is 13.8 Å². The van der Waals surface area contributed by atoms with Gasteiger partial charge in [-0.15, -0.1) is 0 Å². The Labute approximate surface area is 93.9 Å². The molecule has 0 fully saturated rings. The molecular formula is C12H16F2O2.